The molecule has 0 spiro atoms. The van der Waals surface area contributed by atoms with Crippen LogP contribution in [0.5, 0.6) is 5.75 Å². The summed E-state index contributed by atoms with van der Waals surface area (Å²) >= 11 is 3.30. The maximum atomic E-state index is 5.74. The largest absolute Gasteiger partial charge is 0.488 e. The van der Waals surface area contributed by atoms with Gasteiger partial charge in [0.2, 0.25) is 0 Å². The molecule has 19 heavy (non-hydrogen) atoms. The number of hydrogen-bond acceptors (Lipinski definition) is 3. The normalized spacial score (nSPS) is 10.5. The van der Waals surface area contributed by atoms with E-state index >= 15 is 0 Å². The summed E-state index contributed by atoms with van der Waals surface area (Å²) < 4.78 is 11.6. The number of halogens is 1. The van der Waals surface area contributed by atoms with Gasteiger partial charge < -0.3 is 14.8 Å². The second-order valence-electron chi connectivity index (χ2n) is 4.53. The lowest BCUT2D eigenvalue weighted by Crippen LogP contribution is -2.18. The van der Waals surface area contributed by atoms with E-state index in [1.165, 1.54) is 5.56 Å². The fraction of sp³-hybridized carbons (Fsp3) is 0.467. The molecule has 0 bridgehead atoms. The second kappa shape index (κ2) is 8.35. The van der Waals surface area contributed by atoms with E-state index in [9.17, 15) is 0 Å². The summed E-state index contributed by atoms with van der Waals surface area (Å²) in [6.07, 6.45) is 0. The van der Waals surface area contributed by atoms with Crippen molar-refractivity contribution in [2.75, 3.05) is 26.9 Å². The van der Waals surface area contributed by atoms with Crippen molar-refractivity contribution in [2.45, 2.75) is 20.4 Å². The van der Waals surface area contributed by atoms with E-state index < -0.39 is 0 Å². The third-order valence-electron chi connectivity index (χ3n) is 2.71. The summed E-state index contributed by atoms with van der Waals surface area (Å²) in [5.74, 6) is 0.946. The number of methoxy groups -OCH3 is 1. The summed E-state index contributed by atoms with van der Waals surface area (Å²) in [7, 11) is 1.71. The van der Waals surface area contributed by atoms with Crippen LogP contribution in [0.4, 0.5) is 0 Å². The minimum atomic E-state index is 0.493. The molecule has 106 valence electrons. The predicted octanol–water partition coefficient (Wildman–Crippen LogP) is 3.33. The number of hydrogen-bond donors (Lipinski definition) is 1. The monoisotopic (exact) mass is 327 g/mol. The average molecular weight is 328 g/mol. The van der Waals surface area contributed by atoms with Crippen molar-refractivity contribution in [3.05, 3.63) is 39.9 Å². The Bertz CT molecular complexity index is 409. The third-order valence-corrected chi connectivity index (χ3v) is 2.93. The standard InChI is InChI=1S/C15H22BrNO2/c1-11-7-14(9-17-5-6-18-4)8-12(2)15(11)19-10-13(3)16/h7-8,17H,3,5-6,9-10H2,1-2,4H3. The molecule has 0 radical (unpaired) electrons. The highest BCUT2D eigenvalue weighted by atomic mass is 79.9. The minimum absolute atomic E-state index is 0.493. The van der Waals surface area contributed by atoms with E-state index in [0.717, 1.165) is 41.1 Å². The Kier molecular flexibility index (Phi) is 7.13. The Labute approximate surface area is 124 Å². The molecule has 0 aliphatic heterocycles. The van der Waals surface area contributed by atoms with Gasteiger partial charge in [-0.3, -0.25) is 0 Å². The smallest absolute Gasteiger partial charge is 0.125 e. The van der Waals surface area contributed by atoms with Crippen LogP contribution in [-0.2, 0) is 11.3 Å². The molecular weight excluding hydrogens is 306 g/mol. The first kappa shape index (κ1) is 16.2. The van der Waals surface area contributed by atoms with Crippen molar-refractivity contribution >= 4 is 15.9 Å². The molecule has 0 heterocycles. The van der Waals surface area contributed by atoms with Crippen molar-refractivity contribution < 1.29 is 9.47 Å². The topological polar surface area (TPSA) is 30.5 Å². The Balaban J connectivity index is 2.65. The van der Waals surface area contributed by atoms with Gasteiger partial charge in [0.15, 0.2) is 0 Å². The highest BCUT2D eigenvalue weighted by Crippen LogP contribution is 2.25. The number of aryl methyl sites for hydroxylation is 2. The van der Waals surface area contributed by atoms with E-state index in [4.69, 9.17) is 9.47 Å². The van der Waals surface area contributed by atoms with Crippen LogP contribution in [-0.4, -0.2) is 26.9 Å². The zero-order valence-electron chi connectivity index (χ0n) is 11.9. The van der Waals surface area contributed by atoms with Gasteiger partial charge in [-0.15, -0.1) is 0 Å². The fourth-order valence-electron chi connectivity index (χ4n) is 1.93. The molecule has 3 nitrogen and oxygen atoms in total. The van der Waals surface area contributed by atoms with Crippen LogP contribution in [0.1, 0.15) is 16.7 Å². The van der Waals surface area contributed by atoms with Crippen molar-refractivity contribution in [3.8, 4) is 5.75 Å². The molecule has 1 aromatic rings. The Hall–Kier alpha value is -0.840. The maximum Gasteiger partial charge on any atom is 0.125 e. The maximum absolute atomic E-state index is 5.74. The number of nitrogens with one attached hydrogen (secondary N) is 1. The van der Waals surface area contributed by atoms with Crippen molar-refractivity contribution in [1.29, 1.82) is 0 Å². The van der Waals surface area contributed by atoms with E-state index in [0.29, 0.717) is 6.61 Å². The Morgan fingerprint density at radius 3 is 2.47 bits per heavy atom. The molecule has 0 atom stereocenters. The lowest BCUT2D eigenvalue weighted by atomic mass is 10.1. The summed E-state index contributed by atoms with van der Waals surface area (Å²) in [6.45, 7) is 10.8. The van der Waals surface area contributed by atoms with Gasteiger partial charge in [-0.1, -0.05) is 34.6 Å². The van der Waals surface area contributed by atoms with Gasteiger partial charge in [0.1, 0.15) is 12.4 Å². The summed E-state index contributed by atoms with van der Waals surface area (Å²) in [5, 5.41) is 3.34. The van der Waals surface area contributed by atoms with E-state index in [-0.39, 0.29) is 0 Å². The summed E-state index contributed by atoms with van der Waals surface area (Å²) in [5.41, 5.74) is 3.56. The van der Waals surface area contributed by atoms with Gasteiger partial charge in [-0.2, -0.15) is 0 Å². The van der Waals surface area contributed by atoms with Crippen molar-refractivity contribution in [2.24, 2.45) is 0 Å². The van der Waals surface area contributed by atoms with Crippen LogP contribution in [0.15, 0.2) is 23.2 Å². The second-order valence-corrected chi connectivity index (χ2v) is 5.66. The molecule has 1 N–H and O–H groups in total. The van der Waals surface area contributed by atoms with E-state index in [2.05, 4.69) is 53.8 Å². The zero-order chi connectivity index (χ0) is 14.3. The molecule has 0 fully saturated rings. The van der Waals surface area contributed by atoms with Crippen molar-refractivity contribution in [3.63, 3.8) is 0 Å². The molecule has 0 amide bonds. The zero-order valence-corrected chi connectivity index (χ0v) is 13.5. The Morgan fingerprint density at radius 1 is 1.32 bits per heavy atom. The lowest BCUT2D eigenvalue weighted by Gasteiger charge is -2.14. The quantitative estimate of drug-likeness (QED) is 0.743. The van der Waals surface area contributed by atoms with Gasteiger partial charge in [-0.05, 0) is 30.5 Å². The molecule has 0 unspecified atom stereocenters. The van der Waals surface area contributed by atoms with Crippen LogP contribution in [0.2, 0.25) is 0 Å². The molecule has 0 aromatic heterocycles. The Morgan fingerprint density at radius 2 is 1.95 bits per heavy atom. The van der Waals surface area contributed by atoms with E-state index in [1.54, 1.807) is 7.11 Å². The first-order valence-corrected chi connectivity index (χ1v) is 7.09. The molecule has 0 saturated heterocycles. The van der Waals surface area contributed by atoms with Gasteiger partial charge in [-0.25, -0.2) is 0 Å². The third kappa shape index (κ3) is 5.76. The number of rotatable bonds is 8. The van der Waals surface area contributed by atoms with Crippen molar-refractivity contribution in [1.82, 2.24) is 5.32 Å². The predicted molar refractivity (Wildman–Crippen MR) is 83.1 cm³/mol. The van der Waals surface area contributed by atoms with Gasteiger partial charge >= 0.3 is 0 Å². The molecular formula is C15H22BrNO2. The van der Waals surface area contributed by atoms with E-state index in [1.807, 2.05) is 0 Å². The minimum Gasteiger partial charge on any atom is -0.488 e. The van der Waals surface area contributed by atoms with Gasteiger partial charge in [0, 0.05) is 24.7 Å². The molecule has 0 aliphatic carbocycles. The lowest BCUT2D eigenvalue weighted by molar-refractivity contribution is 0.199. The SMILES string of the molecule is C=C(Br)COc1c(C)cc(CNCCOC)cc1C. The molecule has 0 saturated carbocycles. The average Bonchev–Trinajstić information content (AvgIpc) is 2.33. The van der Waals surface area contributed by atoms with Crippen LogP contribution in [0.3, 0.4) is 0 Å². The molecule has 4 heteroatoms. The highest BCUT2D eigenvalue weighted by Gasteiger charge is 2.06. The van der Waals surface area contributed by atoms with Gasteiger partial charge in [0.25, 0.3) is 0 Å². The fourth-order valence-corrected chi connectivity index (χ4v) is 2.04. The number of ether oxygens (including phenoxy) is 2. The molecule has 0 aliphatic rings. The van der Waals surface area contributed by atoms with Crippen LogP contribution in [0, 0.1) is 13.8 Å². The first-order valence-electron chi connectivity index (χ1n) is 6.30. The first-order chi connectivity index (χ1) is 9.04. The van der Waals surface area contributed by atoms with Gasteiger partial charge in [0.05, 0.1) is 6.61 Å². The van der Waals surface area contributed by atoms with Crippen LogP contribution < -0.4 is 10.1 Å². The molecule has 1 aromatic carbocycles. The highest BCUT2D eigenvalue weighted by molar-refractivity contribution is 9.11. The molecule has 1 rings (SSSR count). The van der Waals surface area contributed by atoms with Crippen LogP contribution in [0.25, 0.3) is 0 Å². The number of benzene rings is 1. The summed E-state index contributed by atoms with van der Waals surface area (Å²) in [4.78, 5) is 0. The summed E-state index contributed by atoms with van der Waals surface area (Å²) in [6, 6.07) is 4.30. The van der Waals surface area contributed by atoms with Crippen LogP contribution >= 0.6 is 15.9 Å².